The highest BCUT2D eigenvalue weighted by molar-refractivity contribution is 6.40. The zero-order valence-corrected chi connectivity index (χ0v) is 16.5. The van der Waals surface area contributed by atoms with Gasteiger partial charge in [0.25, 0.3) is 5.91 Å². The number of hydrogen-bond donors (Lipinski definition) is 0. The number of ether oxygens (including phenoxy) is 1. The lowest BCUT2D eigenvalue weighted by molar-refractivity contribution is -0.124. The van der Waals surface area contributed by atoms with E-state index in [9.17, 15) is 9.59 Å². The monoisotopic (exact) mass is 392 g/mol. The van der Waals surface area contributed by atoms with Gasteiger partial charge in [-0.15, -0.1) is 0 Å². The van der Waals surface area contributed by atoms with Crippen LogP contribution in [0.3, 0.4) is 0 Å². The van der Waals surface area contributed by atoms with Crippen molar-refractivity contribution >= 4 is 28.9 Å². The molecule has 2 aliphatic rings. The second kappa shape index (κ2) is 8.34. The molecule has 7 heteroatoms. The number of hydrogen-bond acceptors (Lipinski definition) is 5. The number of methoxy groups -OCH3 is 1. The minimum absolute atomic E-state index is 0.0851. The Kier molecular flexibility index (Phi) is 5.46. The molecular formula is C22H24N4O3. The number of hydrazone groups is 1. The zero-order valence-electron chi connectivity index (χ0n) is 16.5. The molecule has 0 radical (unpaired) electrons. The Morgan fingerprint density at radius 3 is 2.34 bits per heavy atom. The second-order valence-corrected chi connectivity index (χ2v) is 7.04. The fourth-order valence-electron chi connectivity index (χ4n) is 3.70. The normalized spacial score (nSPS) is 17.2. The second-order valence-electron chi connectivity index (χ2n) is 7.04. The van der Waals surface area contributed by atoms with Crippen molar-refractivity contribution in [3.05, 3.63) is 54.6 Å². The van der Waals surface area contributed by atoms with E-state index < -0.39 is 0 Å². The highest BCUT2D eigenvalue weighted by Crippen LogP contribution is 2.28. The van der Waals surface area contributed by atoms with Crippen LogP contribution in [0.15, 0.2) is 59.7 Å². The zero-order chi connectivity index (χ0) is 20.2. The molecule has 2 aliphatic heterocycles. The summed E-state index contributed by atoms with van der Waals surface area (Å²) in [5, 5.41) is 5.74. The Balaban J connectivity index is 1.45. The van der Waals surface area contributed by atoms with Crippen LogP contribution in [0.5, 0.6) is 5.75 Å². The molecule has 0 aliphatic carbocycles. The fraction of sp³-hybridized carbons (Fsp3) is 0.318. The van der Waals surface area contributed by atoms with Gasteiger partial charge in [0.1, 0.15) is 11.5 Å². The van der Waals surface area contributed by atoms with Crippen LogP contribution >= 0.6 is 0 Å². The van der Waals surface area contributed by atoms with Crippen LogP contribution in [0.2, 0.25) is 0 Å². The highest BCUT2D eigenvalue weighted by atomic mass is 16.5. The average Bonchev–Trinajstić information content (AvgIpc) is 2.79. The Morgan fingerprint density at radius 2 is 1.62 bits per heavy atom. The molecule has 2 aromatic rings. The third-order valence-corrected chi connectivity index (χ3v) is 5.27. The summed E-state index contributed by atoms with van der Waals surface area (Å²) < 4.78 is 5.45. The molecule has 0 N–H and O–H groups in total. The van der Waals surface area contributed by atoms with E-state index in [-0.39, 0.29) is 11.8 Å². The summed E-state index contributed by atoms with van der Waals surface area (Å²) in [6.45, 7) is 2.66. The van der Waals surface area contributed by atoms with Crippen LogP contribution in [0.1, 0.15) is 12.8 Å². The Hall–Kier alpha value is -3.35. The van der Waals surface area contributed by atoms with Crippen molar-refractivity contribution in [2.24, 2.45) is 5.10 Å². The summed E-state index contributed by atoms with van der Waals surface area (Å²) in [4.78, 5) is 29.3. The van der Waals surface area contributed by atoms with Crippen LogP contribution < -0.4 is 14.6 Å². The first-order valence-corrected chi connectivity index (χ1v) is 9.80. The van der Waals surface area contributed by atoms with Crippen LogP contribution in [0.25, 0.3) is 0 Å². The van der Waals surface area contributed by atoms with E-state index in [0.29, 0.717) is 37.3 Å². The summed E-state index contributed by atoms with van der Waals surface area (Å²) in [5.41, 5.74) is 2.17. The van der Waals surface area contributed by atoms with E-state index in [1.165, 1.54) is 5.01 Å². The number of anilines is 2. The smallest absolute Gasteiger partial charge is 0.270 e. The fourth-order valence-corrected chi connectivity index (χ4v) is 3.70. The van der Waals surface area contributed by atoms with Gasteiger partial charge in [-0.2, -0.15) is 5.10 Å². The highest BCUT2D eigenvalue weighted by Gasteiger charge is 2.30. The summed E-state index contributed by atoms with van der Waals surface area (Å²) in [7, 11) is 1.67. The molecule has 2 amide bonds. The predicted octanol–water partition coefficient (Wildman–Crippen LogP) is 2.53. The molecule has 0 saturated carbocycles. The standard InChI is InChI=1S/C22H24N4O3/c1-29-20-10-6-5-9-19(20)24-13-15-25(16-14-24)22(28)18-11-12-21(27)26(23-18)17-7-3-2-4-8-17/h2-10H,11-16H2,1H3. The van der Waals surface area contributed by atoms with Gasteiger partial charge in [-0.1, -0.05) is 30.3 Å². The molecular weight excluding hydrogens is 368 g/mol. The van der Waals surface area contributed by atoms with Gasteiger partial charge in [-0.25, -0.2) is 5.01 Å². The van der Waals surface area contributed by atoms with Gasteiger partial charge in [-0.05, 0) is 24.3 Å². The first-order chi connectivity index (χ1) is 14.2. The molecule has 29 heavy (non-hydrogen) atoms. The van der Waals surface area contributed by atoms with E-state index in [1.807, 2.05) is 59.5 Å². The Morgan fingerprint density at radius 1 is 0.931 bits per heavy atom. The number of para-hydroxylation sites is 3. The molecule has 4 rings (SSSR count). The molecule has 0 bridgehead atoms. The number of nitrogens with zero attached hydrogens (tertiary/aromatic N) is 4. The molecule has 2 heterocycles. The van der Waals surface area contributed by atoms with Crippen LogP contribution in [-0.2, 0) is 9.59 Å². The molecule has 7 nitrogen and oxygen atoms in total. The van der Waals surface area contributed by atoms with Gasteiger partial charge in [0, 0.05) is 39.0 Å². The lowest BCUT2D eigenvalue weighted by Gasteiger charge is -2.37. The van der Waals surface area contributed by atoms with Crippen molar-refractivity contribution in [1.29, 1.82) is 0 Å². The van der Waals surface area contributed by atoms with Gasteiger partial charge < -0.3 is 14.5 Å². The summed E-state index contributed by atoms with van der Waals surface area (Å²) in [5.74, 6) is 0.660. The van der Waals surface area contributed by atoms with Crippen molar-refractivity contribution in [3.63, 3.8) is 0 Å². The third kappa shape index (κ3) is 3.94. The van der Waals surface area contributed by atoms with Gasteiger partial charge in [0.2, 0.25) is 5.91 Å². The summed E-state index contributed by atoms with van der Waals surface area (Å²) in [6.07, 6.45) is 0.675. The molecule has 0 aromatic heterocycles. The Labute approximate surface area is 170 Å². The van der Waals surface area contributed by atoms with Crippen molar-refractivity contribution in [1.82, 2.24) is 4.90 Å². The molecule has 150 valence electrons. The number of benzene rings is 2. The van der Waals surface area contributed by atoms with E-state index in [1.54, 1.807) is 7.11 Å². The molecule has 0 unspecified atom stereocenters. The largest absolute Gasteiger partial charge is 0.495 e. The molecule has 1 fully saturated rings. The Bertz CT molecular complexity index is 921. The molecule has 2 aromatic carbocycles. The van der Waals surface area contributed by atoms with E-state index >= 15 is 0 Å². The number of carbonyl (C=O) groups excluding carboxylic acids is 2. The third-order valence-electron chi connectivity index (χ3n) is 5.27. The van der Waals surface area contributed by atoms with Gasteiger partial charge in [0.15, 0.2) is 0 Å². The summed E-state index contributed by atoms with van der Waals surface area (Å²) in [6, 6.07) is 17.1. The molecule has 1 saturated heterocycles. The first kappa shape index (κ1) is 19.0. The summed E-state index contributed by atoms with van der Waals surface area (Å²) >= 11 is 0. The van der Waals surface area contributed by atoms with E-state index in [0.717, 1.165) is 24.5 Å². The van der Waals surface area contributed by atoms with E-state index in [2.05, 4.69) is 10.0 Å². The maximum absolute atomic E-state index is 13.0. The molecule has 0 spiro atoms. The van der Waals surface area contributed by atoms with Gasteiger partial charge >= 0.3 is 0 Å². The first-order valence-electron chi connectivity index (χ1n) is 9.80. The van der Waals surface area contributed by atoms with Crippen molar-refractivity contribution in [3.8, 4) is 5.75 Å². The minimum Gasteiger partial charge on any atom is -0.495 e. The van der Waals surface area contributed by atoms with Crippen LogP contribution in [-0.4, -0.2) is 55.7 Å². The SMILES string of the molecule is COc1ccccc1N1CCN(C(=O)C2=NN(c3ccccc3)C(=O)CC2)CC1. The van der Waals surface area contributed by atoms with Crippen molar-refractivity contribution < 1.29 is 14.3 Å². The maximum atomic E-state index is 13.0. The minimum atomic E-state index is -0.0891. The topological polar surface area (TPSA) is 65.5 Å². The van der Waals surface area contributed by atoms with Crippen molar-refractivity contribution in [2.45, 2.75) is 12.8 Å². The average molecular weight is 392 g/mol. The van der Waals surface area contributed by atoms with Crippen molar-refractivity contribution in [2.75, 3.05) is 43.2 Å². The number of rotatable bonds is 4. The maximum Gasteiger partial charge on any atom is 0.270 e. The number of carbonyl (C=O) groups is 2. The van der Waals surface area contributed by atoms with Gasteiger partial charge in [0.05, 0.1) is 18.5 Å². The molecule has 0 atom stereocenters. The van der Waals surface area contributed by atoms with E-state index in [4.69, 9.17) is 4.74 Å². The van der Waals surface area contributed by atoms with Gasteiger partial charge in [-0.3, -0.25) is 9.59 Å². The van der Waals surface area contributed by atoms with Crippen LogP contribution in [0.4, 0.5) is 11.4 Å². The lowest BCUT2D eigenvalue weighted by atomic mass is 10.1. The predicted molar refractivity (Wildman–Crippen MR) is 112 cm³/mol. The quantitative estimate of drug-likeness (QED) is 0.802. The number of amides is 2. The lowest BCUT2D eigenvalue weighted by Crippen LogP contribution is -2.51. The number of piperazine rings is 1. The van der Waals surface area contributed by atoms with Crippen LogP contribution in [0, 0.1) is 0 Å².